The van der Waals surface area contributed by atoms with E-state index in [0.29, 0.717) is 13.0 Å². The van der Waals surface area contributed by atoms with Crippen LogP contribution < -0.4 is 11.1 Å². The molecule has 1 unspecified atom stereocenters. The Kier molecular flexibility index (Phi) is 4.52. The number of benzene rings is 1. The fourth-order valence-corrected chi connectivity index (χ4v) is 2.34. The molecule has 1 heterocycles. The van der Waals surface area contributed by atoms with Gasteiger partial charge >= 0.3 is 0 Å². The van der Waals surface area contributed by atoms with Crippen molar-refractivity contribution >= 4 is 22.9 Å². The molecule has 0 spiro atoms. The number of hydrogen-bond donors (Lipinski definition) is 2. The highest BCUT2D eigenvalue weighted by molar-refractivity contribution is 7.09. The summed E-state index contributed by atoms with van der Waals surface area (Å²) in [6, 6.07) is 7.66. The summed E-state index contributed by atoms with van der Waals surface area (Å²) < 4.78 is 0. The Balaban J connectivity index is 1.83. The van der Waals surface area contributed by atoms with Crippen molar-refractivity contribution in [1.29, 1.82) is 0 Å². The predicted molar refractivity (Wildman–Crippen MR) is 77.8 cm³/mol. The molecule has 0 bridgehead atoms. The molecule has 1 atom stereocenters. The number of carbonyl (C=O) groups is 1. The van der Waals surface area contributed by atoms with Gasteiger partial charge in [-0.1, -0.05) is 19.1 Å². The molecule has 0 saturated heterocycles. The van der Waals surface area contributed by atoms with Crippen LogP contribution in [0.1, 0.15) is 29.7 Å². The highest BCUT2D eigenvalue weighted by Gasteiger charge is 2.11. The van der Waals surface area contributed by atoms with Crippen LogP contribution in [0.5, 0.6) is 0 Å². The molecule has 3 N–H and O–H groups in total. The molecule has 2 rings (SSSR count). The number of aromatic nitrogens is 1. The molecule has 0 aliphatic heterocycles. The van der Waals surface area contributed by atoms with Crippen molar-refractivity contribution in [2.75, 3.05) is 5.73 Å². The van der Waals surface area contributed by atoms with Crippen LogP contribution in [0.15, 0.2) is 36.0 Å². The Morgan fingerprint density at radius 2 is 2.16 bits per heavy atom. The Bertz CT molecular complexity index is 522. The fourth-order valence-electron chi connectivity index (χ4n) is 1.81. The standard InChI is InChI=1S/C14H17N3OS/c1-10(11-2-4-12(15)5-3-11)6-14(18)17-8-13-7-16-9-19-13/h2-5,7,9-10H,6,8,15H2,1H3,(H,17,18). The number of nitrogen functional groups attached to an aromatic ring is 1. The first kappa shape index (κ1) is 13.5. The summed E-state index contributed by atoms with van der Waals surface area (Å²) in [6.07, 6.45) is 2.25. The van der Waals surface area contributed by atoms with Crippen molar-refractivity contribution in [3.63, 3.8) is 0 Å². The molecule has 1 aromatic heterocycles. The summed E-state index contributed by atoms with van der Waals surface area (Å²) in [5, 5.41) is 2.90. The van der Waals surface area contributed by atoms with Crippen LogP contribution in [0, 0.1) is 0 Å². The normalized spacial score (nSPS) is 12.1. The Labute approximate surface area is 116 Å². The van der Waals surface area contributed by atoms with E-state index in [1.807, 2.05) is 31.2 Å². The number of nitrogens with zero attached hydrogens (tertiary/aromatic N) is 1. The highest BCUT2D eigenvalue weighted by Crippen LogP contribution is 2.20. The van der Waals surface area contributed by atoms with E-state index in [1.165, 1.54) is 0 Å². The number of carbonyl (C=O) groups excluding carboxylic acids is 1. The number of nitrogens with two attached hydrogens (primary N) is 1. The van der Waals surface area contributed by atoms with Crippen LogP contribution in [0.25, 0.3) is 0 Å². The van der Waals surface area contributed by atoms with Crippen molar-refractivity contribution in [3.05, 3.63) is 46.4 Å². The number of nitrogens with one attached hydrogen (secondary N) is 1. The summed E-state index contributed by atoms with van der Waals surface area (Å²) in [5.41, 5.74) is 9.28. The van der Waals surface area contributed by atoms with Crippen LogP contribution in [0.3, 0.4) is 0 Å². The fraction of sp³-hybridized carbons (Fsp3) is 0.286. The Hall–Kier alpha value is -1.88. The quantitative estimate of drug-likeness (QED) is 0.824. The van der Waals surface area contributed by atoms with E-state index in [2.05, 4.69) is 10.3 Å². The summed E-state index contributed by atoms with van der Waals surface area (Å²) in [5.74, 6) is 0.236. The number of thiazole rings is 1. The lowest BCUT2D eigenvalue weighted by Gasteiger charge is -2.12. The monoisotopic (exact) mass is 275 g/mol. The molecule has 2 aromatic rings. The van der Waals surface area contributed by atoms with Crippen LogP contribution >= 0.6 is 11.3 Å². The average molecular weight is 275 g/mol. The molecule has 19 heavy (non-hydrogen) atoms. The second-order valence-electron chi connectivity index (χ2n) is 4.52. The summed E-state index contributed by atoms with van der Waals surface area (Å²) >= 11 is 1.54. The molecule has 0 aliphatic rings. The van der Waals surface area contributed by atoms with E-state index in [4.69, 9.17) is 5.73 Å². The minimum atomic E-state index is 0.0534. The lowest BCUT2D eigenvalue weighted by atomic mass is 9.97. The number of amides is 1. The second kappa shape index (κ2) is 6.33. The first-order valence-corrected chi connectivity index (χ1v) is 7.02. The van der Waals surface area contributed by atoms with E-state index in [0.717, 1.165) is 16.1 Å². The topological polar surface area (TPSA) is 68.0 Å². The van der Waals surface area contributed by atoms with Gasteiger partial charge < -0.3 is 11.1 Å². The lowest BCUT2D eigenvalue weighted by molar-refractivity contribution is -0.121. The summed E-state index contributed by atoms with van der Waals surface area (Å²) in [6.45, 7) is 2.59. The Morgan fingerprint density at radius 3 is 2.79 bits per heavy atom. The van der Waals surface area contributed by atoms with Crippen molar-refractivity contribution in [2.45, 2.75) is 25.8 Å². The van der Waals surface area contributed by atoms with E-state index < -0.39 is 0 Å². The van der Waals surface area contributed by atoms with Crippen LogP contribution in [0.4, 0.5) is 5.69 Å². The highest BCUT2D eigenvalue weighted by atomic mass is 32.1. The minimum absolute atomic E-state index is 0.0534. The molecular weight excluding hydrogens is 258 g/mol. The van der Waals surface area contributed by atoms with Gasteiger partial charge in [0.25, 0.3) is 0 Å². The number of rotatable bonds is 5. The molecule has 0 fully saturated rings. The van der Waals surface area contributed by atoms with Gasteiger partial charge in [0.15, 0.2) is 0 Å². The first-order valence-electron chi connectivity index (χ1n) is 6.14. The number of hydrogen-bond acceptors (Lipinski definition) is 4. The lowest BCUT2D eigenvalue weighted by Crippen LogP contribution is -2.23. The molecule has 4 nitrogen and oxygen atoms in total. The third-order valence-corrected chi connectivity index (χ3v) is 3.72. The van der Waals surface area contributed by atoms with Crippen LogP contribution in [0.2, 0.25) is 0 Å². The van der Waals surface area contributed by atoms with Crippen molar-refractivity contribution < 1.29 is 4.79 Å². The largest absolute Gasteiger partial charge is 0.399 e. The molecule has 1 aromatic carbocycles. The second-order valence-corrected chi connectivity index (χ2v) is 5.49. The van der Waals surface area contributed by atoms with Gasteiger partial charge in [0.1, 0.15) is 0 Å². The minimum Gasteiger partial charge on any atom is -0.399 e. The molecular formula is C14H17N3OS. The van der Waals surface area contributed by atoms with Crippen LogP contribution in [-0.4, -0.2) is 10.9 Å². The zero-order valence-corrected chi connectivity index (χ0v) is 11.6. The molecule has 0 saturated carbocycles. The van der Waals surface area contributed by atoms with E-state index in [9.17, 15) is 4.79 Å². The predicted octanol–water partition coefficient (Wildman–Crippen LogP) is 2.54. The molecule has 0 aliphatic carbocycles. The van der Waals surface area contributed by atoms with Gasteiger partial charge in [-0.2, -0.15) is 0 Å². The van der Waals surface area contributed by atoms with Gasteiger partial charge in [-0.3, -0.25) is 9.78 Å². The zero-order chi connectivity index (χ0) is 13.7. The van der Waals surface area contributed by atoms with Gasteiger partial charge in [-0.15, -0.1) is 11.3 Å². The maximum absolute atomic E-state index is 11.8. The number of anilines is 1. The summed E-state index contributed by atoms with van der Waals surface area (Å²) in [7, 11) is 0. The van der Waals surface area contributed by atoms with Gasteiger partial charge in [0, 0.05) is 23.2 Å². The Morgan fingerprint density at radius 1 is 1.42 bits per heavy atom. The molecule has 1 amide bonds. The van der Waals surface area contributed by atoms with E-state index in [1.54, 1.807) is 23.0 Å². The third kappa shape index (κ3) is 4.06. The smallest absolute Gasteiger partial charge is 0.220 e. The summed E-state index contributed by atoms with van der Waals surface area (Å²) in [4.78, 5) is 16.9. The first-order chi connectivity index (χ1) is 9.15. The SMILES string of the molecule is CC(CC(=O)NCc1cncs1)c1ccc(N)cc1. The van der Waals surface area contributed by atoms with Crippen molar-refractivity contribution in [1.82, 2.24) is 10.3 Å². The third-order valence-electron chi connectivity index (χ3n) is 2.94. The van der Waals surface area contributed by atoms with Crippen molar-refractivity contribution in [3.8, 4) is 0 Å². The van der Waals surface area contributed by atoms with Crippen LogP contribution in [-0.2, 0) is 11.3 Å². The maximum atomic E-state index is 11.8. The van der Waals surface area contributed by atoms with E-state index >= 15 is 0 Å². The average Bonchev–Trinajstić information content (AvgIpc) is 2.90. The zero-order valence-electron chi connectivity index (χ0n) is 10.8. The molecule has 5 heteroatoms. The maximum Gasteiger partial charge on any atom is 0.220 e. The van der Waals surface area contributed by atoms with Crippen molar-refractivity contribution in [2.24, 2.45) is 0 Å². The van der Waals surface area contributed by atoms with Gasteiger partial charge in [-0.05, 0) is 23.6 Å². The van der Waals surface area contributed by atoms with E-state index in [-0.39, 0.29) is 11.8 Å². The van der Waals surface area contributed by atoms with Gasteiger partial charge in [0.05, 0.1) is 12.1 Å². The molecule has 0 radical (unpaired) electrons. The van der Waals surface area contributed by atoms with Gasteiger partial charge in [0.2, 0.25) is 5.91 Å². The van der Waals surface area contributed by atoms with Gasteiger partial charge in [-0.25, -0.2) is 0 Å². The molecule has 100 valence electrons.